The standard InChI is InChI=1S/C54H36N2/c1-3-15-37(16-4-1)47-24-11-12-27-50(47)55(44-32-33-46-41(36-44)30-29-38-17-7-9-23-45(38)46)43-22-13-19-40(35-43)49-26-14-28-51-54(49)53-48-25-10-8-18-39(48)31-34-52(53)56(51)42-20-5-2-6-21-42/h1-36H. The molecule has 0 atom stereocenters. The van der Waals surface area contributed by atoms with Crippen LogP contribution >= 0.6 is 0 Å². The topological polar surface area (TPSA) is 8.17 Å². The van der Waals surface area contributed by atoms with Gasteiger partial charge < -0.3 is 9.47 Å². The van der Waals surface area contributed by atoms with Crippen LogP contribution in [0.3, 0.4) is 0 Å². The van der Waals surface area contributed by atoms with E-state index in [1.807, 2.05) is 0 Å². The van der Waals surface area contributed by atoms with E-state index < -0.39 is 0 Å². The fraction of sp³-hybridized carbons (Fsp3) is 0. The van der Waals surface area contributed by atoms with Gasteiger partial charge in [0.25, 0.3) is 0 Å². The molecule has 262 valence electrons. The van der Waals surface area contributed by atoms with Crippen LogP contribution < -0.4 is 4.90 Å². The van der Waals surface area contributed by atoms with Crippen LogP contribution in [0.15, 0.2) is 218 Å². The van der Waals surface area contributed by atoms with Crippen molar-refractivity contribution >= 4 is 71.2 Å². The molecule has 0 N–H and O–H groups in total. The Kier molecular flexibility index (Phi) is 7.53. The van der Waals surface area contributed by atoms with Gasteiger partial charge in [0.1, 0.15) is 0 Å². The van der Waals surface area contributed by atoms with Crippen molar-refractivity contribution in [3.8, 4) is 27.9 Å². The summed E-state index contributed by atoms with van der Waals surface area (Å²) in [6.07, 6.45) is 0. The van der Waals surface area contributed by atoms with Gasteiger partial charge in [0.2, 0.25) is 0 Å². The molecule has 0 spiro atoms. The maximum atomic E-state index is 2.43. The Hall–Kier alpha value is -7.42. The molecule has 0 aliphatic carbocycles. The number of aromatic nitrogens is 1. The predicted octanol–water partition coefficient (Wildman–Crippen LogP) is 15.0. The van der Waals surface area contributed by atoms with Gasteiger partial charge in [0.05, 0.1) is 16.7 Å². The lowest BCUT2D eigenvalue weighted by atomic mass is 9.96. The summed E-state index contributed by atoms with van der Waals surface area (Å²) in [4.78, 5) is 2.43. The number of benzene rings is 10. The molecule has 0 fully saturated rings. The number of nitrogens with zero attached hydrogens (tertiary/aromatic N) is 2. The summed E-state index contributed by atoms with van der Waals surface area (Å²) >= 11 is 0. The van der Waals surface area contributed by atoms with E-state index in [-0.39, 0.29) is 0 Å². The van der Waals surface area contributed by atoms with Crippen molar-refractivity contribution in [2.75, 3.05) is 4.90 Å². The molecule has 2 nitrogen and oxygen atoms in total. The minimum atomic E-state index is 1.10. The molecule has 0 aliphatic rings. The summed E-state index contributed by atoms with van der Waals surface area (Å²) in [6, 6.07) is 79.5. The molecule has 0 bridgehead atoms. The van der Waals surface area contributed by atoms with Crippen LogP contribution in [0.5, 0.6) is 0 Å². The molecule has 0 saturated heterocycles. The highest BCUT2D eigenvalue weighted by Gasteiger charge is 2.21. The molecule has 1 aromatic heterocycles. The van der Waals surface area contributed by atoms with Crippen LogP contribution in [0.4, 0.5) is 17.1 Å². The summed E-state index contributed by atoms with van der Waals surface area (Å²) < 4.78 is 2.42. The SMILES string of the molecule is c1ccc(-c2ccccc2N(c2cccc(-c3cccc4c3c3c5ccccc5ccc3n4-c3ccccc3)c2)c2ccc3c(ccc4ccccc43)c2)cc1. The normalized spacial score (nSPS) is 11.6. The minimum Gasteiger partial charge on any atom is -0.310 e. The Morgan fingerprint density at radius 1 is 0.321 bits per heavy atom. The lowest BCUT2D eigenvalue weighted by Crippen LogP contribution is -2.11. The number of hydrogen-bond donors (Lipinski definition) is 0. The number of hydrogen-bond acceptors (Lipinski definition) is 1. The third kappa shape index (κ3) is 5.19. The van der Waals surface area contributed by atoms with E-state index in [2.05, 4.69) is 228 Å². The monoisotopic (exact) mass is 712 g/mol. The maximum absolute atomic E-state index is 2.43. The van der Waals surface area contributed by atoms with Gasteiger partial charge in [-0.2, -0.15) is 0 Å². The average molecular weight is 713 g/mol. The lowest BCUT2D eigenvalue weighted by molar-refractivity contribution is 1.18. The van der Waals surface area contributed by atoms with Crippen LogP contribution in [-0.2, 0) is 0 Å². The number of rotatable bonds is 6. The quantitative estimate of drug-likeness (QED) is 0.156. The number of para-hydroxylation sites is 2. The second kappa shape index (κ2) is 13.2. The van der Waals surface area contributed by atoms with Crippen molar-refractivity contribution in [3.05, 3.63) is 218 Å². The Morgan fingerprint density at radius 2 is 0.911 bits per heavy atom. The molecule has 11 aromatic rings. The van der Waals surface area contributed by atoms with E-state index in [0.717, 1.165) is 22.7 Å². The Balaban J connectivity index is 1.17. The minimum absolute atomic E-state index is 1.10. The summed E-state index contributed by atoms with van der Waals surface area (Å²) in [5, 5.41) is 10.0. The van der Waals surface area contributed by atoms with E-state index in [9.17, 15) is 0 Å². The molecular formula is C54H36N2. The molecule has 0 radical (unpaired) electrons. The predicted molar refractivity (Wildman–Crippen MR) is 239 cm³/mol. The molecule has 0 saturated carbocycles. The maximum Gasteiger partial charge on any atom is 0.0547 e. The zero-order valence-electron chi connectivity index (χ0n) is 30.7. The Labute approximate surface area is 325 Å². The summed E-state index contributed by atoms with van der Waals surface area (Å²) in [5.74, 6) is 0. The number of anilines is 3. The molecule has 1 heterocycles. The van der Waals surface area contributed by atoms with Crippen molar-refractivity contribution in [1.29, 1.82) is 0 Å². The van der Waals surface area contributed by atoms with Gasteiger partial charge in [-0.1, -0.05) is 164 Å². The summed E-state index contributed by atoms with van der Waals surface area (Å²) in [6.45, 7) is 0. The fourth-order valence-corrected chi connectivity index (χ4v) is 8.83. The largest absolute Gasteiger partial charge is 0.310 e. The smallest absolute Gasteiger partial charge is 0.0547 e. The van der Waals surface area contributed by atoms with Crippen molar-refractivity contribution in [2.24, 2.45) is 0 Å². The van der Waals surface area contributed by atoms with Crippen LogP contribution in [0.2, 0.25) is 0 Å². The Bertz CT molecular complexity index is 3250. The highest BCUT2D eigenvalue weighted by molar-refractivity contribution is 6.25. The van der Waals surface area contributed by atoms with Crippen LogP contribution in [0, 0.1) is 0 Å². The average Bonchev–Trinajstić information content (AvgIpc) is 3.62. The van der Waals surface area contributed by atoms with Crippen molar-refractivity contribution in [2.45, 2.75) is 0 Å². The molecule has 11 rings (SSSR count). The van der Waals surface area contributed by atoms with Crippen molar-refractivity contribution in [3.63, 3.8) is 0 Å². The zero-order valence-corrected chi connectivity index (χ0v) is 30.7. The number of fused-ring (bicyclic) bond motifs is 8. The molecule has 10 aromatic carbocycles. The van der Waals surface area contributed by atoms with Gasteiger partial charge in [-0.15, -0.1) is 0 Å². The highest BCUT2D eigenvalue weighted by atomic mass is 15.1. The second-order valence-corrected chi connectivity index (χ2v) is 14.5. The van der Waals surface area contributed by atoms with Gasteiger partial charge in [-0.3, -0.25) is 0 Å². The third-order valence-electron chi connectivity index (χ3n) is 11.3. The second-order valence-electron chi connectivity index (χ2n) is 14.5. The molecule has 0 aliphatic heterocycles. The Morgan fingerprint density at radius 3 is 1.77 bits per heavy atom. The van der Waals surface area contributed by atoms with Crippen LogP contribution in [0.25, 0.3) is 82.1 Å². The molecule has 0 unspecified atom stereocenters. The highest BCUT2D eigenvalue weighted by Crippen LogP contribution is 2.45. The zero-order chi connectivity index (χ0) is 37.0. The van der Waals surface area contributed by atoms with Crippen molar-refractivity contribution < 1.29 is 0 Å². The molecule has 0 amide bonds. The van der Waals surface area contributed by atoms with Crippen LogP contribution in [0.1, 0.15) is 0 Å². The van der Waals surface area contributed by atoms with E-state index >= 15 is 0 Å². The first kappa shape index (κ1) is 32.0. The van der Waals surface area contributed by atoms with E-state index in [1.165, 1.54) is 76.4 Å². The van der Waals surface area contributed by atoms with E-state index in [0.29, 0.717) is 0 Å². The van der Waals surface area contributed by atoms with Gasteiger partial charge >= 0.3 is 0 Å². The first-order chi connectivity index (χ1) is 27.8. The van der Waals surface area contributed by atoms with E-state index in [4.69, 9.17) is 0 Å². The molecule has 56 heavy (non-hydrogen) atoms. The first-order valence-electron chi connectivity index (χ1n) is 19.3. The van der Waals surface area contributed by atoms with E-state index in [1.54, 1.807) is 0 Å². The van der Waals surface area contributed by atoms with Gasteiger partial charge in [-0.25, -0.2) is 0 Å². The van der Waals surface area contributed by atoms with Gasteiger partial charge in [0, 0.05) is 33.4 Å². The first-order valence-corrected chi connectivity index (χ1v) is 19.3. The molecular weight excluding hydrogens is 677 g/mol. The van der Waals surface area contributed by atoms with Gasteiger partial charge in [0.15, 0.2) is 0 Å². The van der Waals surface area contributed by atoms with Crippen LogP contribution in [-0.4, -0.2) is 4.57 Å². The van der Waals surface area contributed by atoms with Crippen molar-refractivity contribution in [1.82, 2.24) is 4.57 Å². The third-order valence-corrected chi connectivity index (χ3v) is 11.3. The summed E-state index contributed by atoms with van der Waals surface area (Å²) in [7, 11) is 0. The lowest BCUT2D eigenvalue weighted by Gasteiger charge is -2.28. The fourth-order valence-electron chi connectivity index (χ4n) is 8.83. The van der Waals surface area contributed by atoms with Gasteiger partial charge in [-0.05, 0) is 104 Å². The summed E-state index contributed by atoms with van der Waals surface area (Å²) in [5.41, 5.74) is 11.6. The molecule has 2 heteroatoms.